The number of ether oxygens (including phenoxy) is 2. The lowest BCUT2D eigenvalue weighted by atomic mass is 10.5. The molecule has 4 heteroatoms. The molecule has 58 valence electrons. The van der Waals surface area contributed by atoms with E-state index in [9.17, 15) is 8.78 Å². The van der Waals surface area contributed by atoms with Gasteiger partial charge in [0.15, 0.2) is 5.83 Å². The number of rotatable bonds is 3. The zero-order chi connectivity index (χ0) is 7.56. The smallest absolute Gasteiger partial charge is 0.304 e. The summed E-state index contributed by atoms with van der Waals surface area (Å²) in [7, 11) is 0. The first-order chi connectivity index (χ1) is 4.70. The molecule has 0 bridgehead atoms. The van der Waals surface area contributed by atoms with Crippen LogP contribution in [0, 0.1) is 0 Å². The molecule has 0 aromatic carbocycles. The first-order valence-corrected chi connectivity index (χ1v) is 2.96. The fraction of sp³-hybridized carbons (Fsp3) is 0.667. The minimum atomic E-state index is -1.14. The molecule has 0 N–H and O–H groups in total. The van der Waals surface area contributed by atoms with Crippen LogP contribution in [0.2, 0.25) is 0 Å². The van der Waals surface area contributed by atoms with Gasteiger partial charge in [0.05, 0.1) is 6.61 Å². The van der Waals surface area contributed by atoms with Crippen LogP contribution in [-0.2, 0) is 9.47 Å². The van der Waals surface area contributed by atoms with Crippen LogP contribution in [0.5, 0.6) is 0 Å². The number of epoxide rings is 1. The van der Waals surface area contributed by atoms with Gasteiger partial charge in [0.1, 0.15) is 12.7 Å². The predicted octanol–water partition coefficient (Wildman–Crippen LogP) is 1.53. The summed E-state index contributed by atoms with van der Waals surface area (Å²) >= 11 is 0. The average Bonchev–Trinajstić information content (AvgIpc) is 2.64. The van der Waals surface area contributed by atoms with E-state index in [0.29, 0.717) is 6.61 Å². The van der Waals surface area contributed by atoms with Crippen molar-refractivity contribution in [1.29, 1.82) is 0 Å². The Labute approximate surface area is 57.4 Å². The average molecular weight is 150 g/mol. The lowest BCUT2D eigenvalue weighted by Crippen LogP contribution is -1.99. The maximum atomic E-state index is 12.1. The Morgan fingerprint density at radius 2 is 2.30 bits per heavy atom. The minimum Gasteiger partial charge on any atom is -0.466 e. The molecule has 1 heterocycles. The van der Waals surface area contributed by atoms with Gasteiger partial charge in [0, 0.05) is 0 Å². The summed E-state index contributed by atoms with van der Waals surface area (Å²) in [4.78, 5) is 0. The summed E-state index contributed by atoms with van der Waals surface area (Å²) in [6.07, 6.45) is -0.0369. The highest BCUT2D eigenvalue weighted by Gasteiger charge is 2.23. The molecule has 1 saturated heterocycles. The number of hydrogen-bond donors (Lipinski definition) is 0. The van der Waals surface area contributed by atoms with Crippen molar-refractivity contribution < 1.29 is 18.3 Å². The van der Waals surface area contributed by atoms with E-state index in [0.717, 1.165) is 6.92 Å². The second-order valence-electron chi connectivity index (χ2n) is 2.07. The highest BCUT2D eigenvalue weighted by Crippen LogP contribution is 2.14. The first kappa shape index (κ1) is 7.47. The monoisotopic (exact) mass is 150 g/mol. The largest absolute Gasteiger partial charge is 0.466 e. The molecule has 1 aliphatic heterocycles. The van der Waals surface area contributed by atoms with Crippen molar-refractivity contribution in [1.82, 2.24) is 0 Å². The summed E-state index contributed by atoms with van der Waals surface area (Å²) in [5, 5.41) is 0. The topological polar surface area (TPSA) is 21.8 Å². The van der Waals surface area contributed by atoms with Crippen LogP contribution in [0.15, 0.2) is 11.8 Å². The molecular formula is C6H8F2O2. The molecule has 1 atom stereocenters. The van der Waals surface area contributed by atoms with Crippen LogP contribution < -0.4 is 0 Å². The molecule has 10 heavy (non-hydrogen) atoms. The fourth-order valence-corrected chi connectivity index (χ4v) is 0.430. The van der Waals surface area contributed by atoms with Crippen molar-refractivity contribution in [2.75, 3.05) is 13.2 Å². The van der Waals surface area contributed by atoms with Gasteiger partial charge in [0.25, 0.3) is 0 Å². The minimum absolute atomic E-state index is 0.0369. The summed E-state index contributed by atoms with van der Waals surface area (Å²) in [5.74, 6) is -0.930. The Morgan fingerprint density at radius 3 is 2.70 bits per heavy atom. The SMILES string of the molecule is C/C(F)=C(\F)OCC1CO1. The van der Waals surface area contributed by atoms with E-state index >= 15 is 0 Å². The Morgan fingerprint density at radius 1 is 1.70 bits per heavy atom. The molecule has 0 radical (unpaired) electrons. The summed E-state index contributed by atoms with van der Waals surface area (Å²) in [5.41, 5.74) is 0. The summed E-state index contributed by atoms with van der Waals surface area (Å²) < 4.78 is 33.1. The van der Waals surface area contributed by atoms with Crippen molar-refractivity contribution in [2.45, 2.75) is 13.0 Å². The Kier molecular flexibility index (Phi) is 2.21. The highest BCUT2D eigenvalue weighted by atomic mass is 19.2. The van der Waals surface area contributed by atoms with Crippen molar-refractivity contribution in [3.63, 3.8) is 0 Å². The zero-order valence-corrected chi connectivity index (χ0v) is 5.56. The normalized spacial score (nSPS) is 25.7. The molecule has 1 fully saturated rings. The third-order valence-corrected chi connectivity index (χ3v) is 1.07. The van der Waals surface area contributed by atoms with Crippen molar-refractivity contribution >= 4 is 0 Å². The Balaban J connectivity index is 2.17. The molecule has 2 nitrogen and oxygen atoms in total. The molecule has 0 aromatic rings. The van der Waals surface area contributed by atoms with Gasteiger partial charge in [-0.3, -0.25) is 0 Å². The zero-order valence-electron chi connectivity index (χ0n) is 5.56. The maximum absolute atomic E-state index is 12.1. The molecule has 0 spiro atoms. The summed E-state index contributed by atoms with van der Waals surface area (Å²) in [6, 6.07) is -1.14. The first-order valence-electron chi connectivity index (χ1n) is 2.96. The van der Waals surface area contributed by atoms with Crippen LogP contribution >= 0.6 is 0 Å². The molecule has 1 unspecified atom stereocenters. The fourth-order valence-electron chi connectivity index (χ4n) is 0.430. The van der Waals surface area contributed by atoms with E-state index in [4.69, 9.17) is 4.74 Å². The molecular weight excluding hydrogens is 142 g/mol. The van der Waals surface area contributed by atoms with E-state index in [-0.39, 0.29) is 12.7 Å². The number of hydrogen-bond acceptors (Lipinski definition) is 2. The number of allylic oxidation sites excluding steroid dienone is 1. The van der Waals surface area contributed by atoms with Crippen molar-refractivity contribution in [2.24, 2.45) is 0 Å². The molecule has 0 aromatic heterocycles. The Bertz CT molecular complexity index is 148. The second-order valence-corrected chi connectivity index (χ2v) is 2.07. The van der Waals surface area contributed by atoms with E-state index in [2.05, 4.69) is 4.74 Å². The van der Waals surface area contributed by atoms with Crippen LogP contribution in [-0.4, -0.2) is 19.3 Å². The van der Waals surface area contributed by atoms with E-state index < -0.39 is 11.8 Å². The van der Waals surface area contributed by atoms with E-state index in [1.54, 1.807) is 0 Å². The van der Waals surface area contributed by atoms with Crippen molar-refractivity contribution in [3.8, 4) is 0 Å². The van der Waals surface area contributed by atoms with Crippen molar-refractivity contribution in [3.05, 3.63) is 11.8 Å². The number of halogens is 2. The van der Waals surface area contributed by atoms with Gasteiger partial charge in [-0.2, -0.15) is 4.39 Å². The Hall–Kier alpha value is -0.640. The third kappa shape index (κ3) is 2.31. The van der Waals surface area contributed by atoms with E-state index in [1.165, 1.54) is 0 Å². The van der Waals surface area contributed by atoms with Crippen LogP contribution in [0.25, 0.3) is 0 Å². The van der Waals surface area contributed by atoms with Crippen LogP contribution in [0.1, 0.15) is 6.92 Å². The quantitative estimate of drug-likeness (QED) is 0.449. The van der Waals surface area contributed by atoms with Crippen LogP contribution in [0.4, 0.5) is 8.78 Å². The predicted molar refractivity (Wildman–Crippen MR) is 30.6 cm³/mol. The van der Waals surface area contributed by atoms with Gasteiger partial charge < -0.3 is 9.47 Å². The van der Waals surface area contributed by atoms with Crippen LogP contribution in [0.3, 0.4) is 0 Å². The summed E-state index contributed by atoms with van der Waals surface area (Å²) in [6.45, 7) is 1.69. The maximum Gasteiger partial charge on any atom is 0.304 e. The molecule has 0 aliphatic carbocycles. The van der Waals surface area contributed by atoms with Gasteiger partial charge in [-0.15, -0.1) is 0 Å². The van der Waals surface area contributed by atoms with Gasteiger partial charge in [-0.25, -0.2) is 4.39 Å². The lowest BCUT2D eigenvalue weighted by Gasteiger charge is -1.98. The van der Waals surface area contributed by atoms with Gasteiger partial charge in [0.2, 0.25) is 0 Å². The lowest BCUT2D eigenvalue weighted by molar-refractivity contribution is 0.118. The van der Waals surface area contributed by atoms with Gasteiger partial charge >= 0.3 is 6.01 Å². The molecule has 1 rings (SSSR count). The molecule has 0 amide bonds. The molecule has 0 saturated carbocycles. The third-order valence-electron chi connectivity index (χ3n) is 1.07. The van der Waals surface area contributed by atoms with E-state index in [1.807, 2.05) is 0 Å². The molecule has 1 aliphatic rings. The standard InChI is InChI=1S/C6H8F2O2/c1-4(7)6(8)10-3-5-2-9-5/h5H,2-3H2,1H3/b6-4-. The van der Waals surface area contributed by atoms with Gasteiger partial charge in [-0.05, 0) is 6.92 Å². The van der Waals surface area contributed by atoms with Gasteiger partial charge in [-0.1, -0.05) is 0 Å². The second kappa shape index (κ2) is 2.96. The highest BCUT2D eigenvalue weighted by molar-refractivity contribution is 4.87.